The predicted molar refractivity (Wildman–Crippen MR) is 91.2 cm³/mol. The van der Waals surface area contributed by atoms with E-state index in [1.165, 1.54) is 26.4 Å². The van der Waals surface area contributed by atoms with E-state index in [0.29, 0.717) is 5.69 Å². The molecule has 2 aromatic rings. The number of hydrogen-bond acceptors (Lipinski definition) is 4. The van der Waals surface area contributed by atoms with E-state index in [4.69, 9.17) is 21.1 Å². The fourth-order valence-electron chi connectivity index (χ4n) is 2.06. The molecule has 0 radical (unpaired) electrons. The number of benzene rings is 2. The van der Waals surface area contributed by atoms with E-state index >= 15 is 0 Å². The van der Waals surface area contributed by atoms with Crippen LogP contribution in [0.4, 0.5) is 5.69 Å². The second-order valence-corrected chi connectivity index (χ2v) is 6.85. The van der Waals surface area contributed by atoms with Crippen molar-refractivity contribution in [3.63, 3.8) is 0 Å². The largest absolute Gasteiger partial charge is 0.495 e. The van der Waals surface area contributed by atoms with Crippen molar-refractivity contribution in [2.24, 2.45) is 0 Å². The first-order valence-electron chi connectivity index (χ1n) is 6.94. The third kappa shape index (κ3) is 3.89. The fraction of sp³-hybridized carbons (Fsp3) is 0.250. The summed E-state index contributed by atoms with van der Waals surface area (Å²) in [5, 5.41) is 0.274. The molecule has 2 rings (SSSR count). The van der Waals surface area contributed by atoms with Gasteiger partial charge in [0.05, 0.1) is 19.2 Å². The zero-order valence-electron chi connectivity index (χ0n) is 13.1. The number of sulfonamides is 1. The maximum absolute atomic E-state index is 12.6. The molecule has 0 spiro atoms. The minimum atomic E-state index is -3.84. The van der Waals surface area contributed by atoms with Crippen LogP contribution in [0, 0.1) is 0 Å². The van der Waals surface area contributed by atoms with Crippen LogP contribution in [-0.4, -0.2) is 22.6 Å². The van der Waals surface area contributed by atoms with Gasteiger partial charge in [-0.3, -0.25) is 4.72 Å². The lowest BCUT2D eigenvalue weighted by molar-refractivity contribution is 0.392. The first kappa shape index (κ1) is 17.4. The average molecular weight is 356 g/mol. The highest BCUT2D eigenvalue weighted by atomic mass is 35.5. The van der Waals surface area contributed by atoms with Crippen LogP contribution in [0.1, 0.15) is 12.5 Å². The van der Waals surface area contributed by atoms with Gasteiger partial charge in [0.1, 0.15) is 16.4 Å². The summed E-state index contributed by atoms with van der Waals surface area (Å²) in [7, 11) is -1.04. The lowest BCUT2D eigenvalue weighted by atomic mass is 10.2. The highest BCUT2D eigenvalue weighted by Crippen LogP contribution is 2.35. The number of rotatable bonds is 6. The molecular formula is C16H18ClNO4S. The molecule has 0 atom stereocenters. The van der Waals surface area contributed by atoms with Gasteiger partial charge in [-0.25, -0.2) is 8.42 Å². The number of anilines is 1. The topological polar surface area (TPSA) is 64.6 Å². The summed E-state index contributed by atoms with van der Waals surface area (Å²) in [5.41, 5.74) is 1.59. The molecule has 7 heteroatoms. The Morgan fingerprint density at radius 1 is 1.04 bits per heavy atom. The standard InChI is InChI=1S/C16H18ClNO4S/c1-4-11-5-7-12(8-6-11)18-23(19,20)16-10-14(21-2)13(17)9-15(16)22-3/h5-10,18H,4H2,1-3H3. The van der Waals surface area contributed by atoms with Crippen molar-refractivity contribution in [3.05, 3.63) is 47.0 Å². The van der Waals surface area contributed by atoms with Gasteiger partial charge >= 0.3 is 0 Å². The summed E-state index contributed by atoms with van der Waals surface area (Å²) in [4.78, 5) is -0.0409. The van der Waals surface area contributed by atoms with E-state index in [1.807, 2.05) is 19.1 Å². The van der Waals surface area contributed by atoms with Gasteiger partial charge in [0.2, 0.25) is 0 Å². The van der Waals surface area contributed by atoms with Gasteiger partial charge in [-0.1, -0.05) is 30.7 Å². The number of methoxy groups -OCH3 is 2. The number of nitrogens with one attached hydrogen (secondary N) is 1. The van der Waals surface area contributed by atoms with Gasteiger partial charge in [0.15, 0.2) is 0 Å². The lowest BCUT2D eigenvalue weighted by Gasteiger charge is -2.14. The van der Waals surface area contributed by atoms with E-state index in [-0.39, 0.29) is 21.4 Å². The Balaban J connectivity index is 2.41. The highest BCUT2D eigenvalue weighted by Gasteiger charge is 2.22. The minimum Gasteiger partial charge on any atom is -0.495 e. The fourth-order valence-corrected chi connectivity index (χ4v) is 3.52. The van der Waals surface area contributed by atoms with Gasteiger partial charge in [0, 0.05) is 17.8 Å². The Hall–Kier alpha value is -1.92. The molecule has 0 unspecified atom stereocenters. The van der Waals surface area contributed by atoms with Crippen molar-refractivity contribution in [1.29, 1.82) is 0 Å². The Kier molecular flexibility index (Phi) is 5.38. The molecule has 0 heterocycles. The SMILES string of the molecule is CCc1ccc(NS(=O)(=O)c2cc(OC)c(Cl)cc2OC)cc1. The number of aryl methyl sites for hydroxylation is 1. The van der Waals surface area contributed by atoms with Gasteiger partial charge in [-0.05, 0) is 24.1 Å². The van der Waals surface area contributed by atoms with Crippen LogP contribution in [0.25, 0.3) is 0 Å². The quantitative estimate of drug-likeness (QED) is 0.857. The van der Waals surface area contributed by atoms with Gasteiger partial charge in [-0.15, -0.1) is 0 Å². The molecule has 0 aliphatic carbocycles. The molecule has 0 fully saturated rings. The maximum atomic E-state index is 12.6. The van der Waals surface area contributed by atoms with Crippen molar-refractivity contribution >= 4 is 27.3 Å². The van der Waals surface area contributed by atoms with E-state index in [2.05, 4.69) is 4.72 Å². The maximum Gasteiger partial charge on any atom is 0.265 e. The molecule has 0 amide bonds. The summed E-state index contributed by atoms with van der Waals surface area (Å²) < 4.78 is 38.0. The number of ether oxygens (including phenoxy) is 2. The van der Waals surface area contributed by atoms with Crippen LogP contribution >= 0.6 is 11.6 Å². The predicted octanol–water partition coefficient (Wildman–Crippen LogP) is 3.72. The first-order valence-corrected chi connectivity index (χ1v) is 8.80. The van der Waals surface area contributed by atoms with Crippen LogP contribution in [-0.2, 0) is 16.4 Å². The van der Waals surface area contributed by atoms with E-state index < -0.39 is 10.0 Å². The van der Waals surface area contributed by atoms with Crippen LogP contribution < -0.4 is 14.2 Å². The zero-order chi connectivity index (χ0) is 17.0. The Morgan fingerprint density at radius 3 is 2.17 bits per heavy atom. The highest BCUT2D eigenvalue weighted by molar-refractivity contribution is 7.92. The molecule has 5 nitrogen and oxygen atoms in total. The summed E-state index contributed by atoms with van der Waals surface area (Å²) in [6, 6.07) is 9.93. The van der Waals surface area contributed by atoms with E-state index in [0.717, 1.165) is 12.0 Å². The lowest BCUT2D eigenvalue weighted by Crippen LogP contribution is -2.14. The molecule has 1 N–H and O–H groups in total. The monoisotopic (exact) mass is 355 g/mol. The van der Waals surface area contributed by atoms with Crippen LogP contribution in [0.5, 0.6) is 11.5 Å². The summed E-state index contributed by atoms with van der Waals surface area (Å²) in [5.74, 6) is 0.405. The Morgan fingerprint density at radius 2 is 1.65 bits per heavy atom. The molecule has 0 aromatic heterocycles. The molecule has 0 saturated heterocycles. The third-order valence-corrected chi connectivity index (χ3v) is 5.04. The van der Waals surface area contributed by atoms with E-state index in [1.54, 1.807) is 12.1 Å². The molecule has 23 heavy (non-hydrogen) atoms. The smallest absolute Gasteiger partial charge is 0.265 e. The van der Waals surface area contributed by atoms with E-state index in [9.17, 15) is 8.42 Å². The average Bonchev–Trinajstić information content (AvgIpc) is 2.54. The van der Waals surface area contributed by atoms with Crippen LogP contribution in [0.2, 0.25) is 5.02 Å². The molecule has 0 bridgehead atoms. The van der Waals surface area contributed by atoms with Crippen molar-refractivity contribution in [2.75, 3.05) is 18.9 Å². The molecule has 0 saturated carbocycles. The number of halogens is 1. The zero-order valence-corrected chi connectivity index (χ0v) is 14.7. The molecular weight excluding hydrogens is 338 g/mol. The molecule has 0 aliphatic rings. The minimum absolute atomic E-state index is 0.0409. The Labute approximate surface area is 141 Å². The van der Waals surface area contributed by atoms with Gasteiger partial charge < -0.3 is 9.47 Å². The van der Waals surface area contributed by atoms with Crippen molar-refractivity contribution < 1.29 is 17.9 Å². The van der Waals surface area contributed by atoms with Crippen molar-refractivity contribution in [1.82, 2.24) is 0 Å². The summed E-state index contributed by atoms with van der Waals surface area (Å²) in [6.07, 6.45) is 0.884. The van der Waals surface area contributed by atoms with Crippen LogP contribution in [0.3, 0.4) is 0 Å². The van der Waals surface area contributed by atoms with Gasteiger partial charge in [0.25, 0.3) is 10.0 Å². The first-order chi connectivity index (χ1) is 10.9. The molecule has 2 aromatic carbocycles. The molecule has 124 valence electrons. The van der Waals surface area contributed by atoms with Crippen LogP contribution in [0.15, 0.2) is 41.3 Å². The second kappa shape index (κ2) is 7.10. The normalized spacial score (nSPS) is 11.1. The molecule has 0 aliphatic heterocycles. The summed E-state index contributed by atoms with van der Waals surface area (Å²) in [6.45, 7) is 2.03. The Bertz CT molecular complexity index is 788. The third-order valence-electron chi connectivity index (χ3n) is 3.34. The van der Waals surface area contributed by atoms with Gasteiger partial charge in [-0.2, -0.15) is 0 Å². The second-order valence-electron chi connectivity index (χ2n) is 4.79. The summed E-state index contributed by atoms with van der Waals surface area (Å²) >= 11 is 6.00. The number of hydrogen-bond donors (Lipinski definition) is 1. The van der Waals surface area contributed by atoms with Crippen molar-refractivity contribution in [2.45, 2.75) is 18.2 Å². The van der Waals surface area contributed by atoms with Crippen molar-refractivity contribution in [3.8, 4) is 11.5 Å².